The van der Waals surface area contributed by atoms with E-state index in [0.717, 1.165) is 0 Å². The van der Waals surface area contributed by atoms with Crippen LogP contribution in [0, 0.1) is 0 Å². The molecule has 1 atom stereocenters. The number of carbonyl (C=O) groups is 1. The topological polar surface area (TPSA) is 32.8 Å². The second kappa shape index (κ2) is 8.03. The van der Waals surface area contributed by atoms with Crippen LogP contribution in [0.15, 0.2) is 0 Å². The summed E-state index contributed by atoms with van der Waals surface area (Å²) in [6, 6.07) is -11.0. The molecule has 0 amide bonds. The van der Waals surface area contributed by atoms with Gasteiger partial charge in [-0.1, -0.05) is 0 Å². The normalized spacial score (nSPS) is 20.9. The van der Waals surface area contributed by atoms with Crippen LogP contribution in [0.5, 0.6) is 0 Å². The monoisotopic (exact) mass is 516 g/mol. The van der Waals surface area contributed by atoms with Crippen LogP contribution in [0.1, 0.15) is 0 Å². The van der Waals surface area contributed by atoms with E-state index < -0.39 is 84.3 Å². The Bertz CT molecular complexity index is 696. The number of hydrogen-bond acceptors (Lipinski definition) is 4. The minimum absolute atomic E-state index is 0.540. The Balaban J connectivity index is 3.28. The Morgan fingerprint density at radius 1 is 0.625 bits per heavy atom. The van der Waals surface area contributed by atoms with Gasteiger partial charge in [0, 0.05) is 26.2 Å². The van der Waals surface area contributed by atoms with Gasteiger partial charge in [0.15, 0.2) is 0 Å². The van der Waals surface area contributed by atoms with Gasteiger partial charge in [-0.25, -0.2) is 9.80 Å². The summed E-state index contributed by atoms with van der Waals surface area (Å²) in [4.78, 5) is 8.36. The molecular formula is C12H8F16N2O2. The number of piperazine rings is 1. The lowest BCUT2D eigenvalue weighted by Crippen LogP contribution is -2.71. The zero-order chi connectivity index (χ0) is 25.8. The summed E-state index contributed by atoms with van der Waals surface area (Å²) in [7, 11) is 0. The van der Waals surface area contributed by atoms with Crippen molar-refractivity contribution in [1.29, 1.82) is 0 Å². The Morgan fingerprint density at radius 2 is 1.00 bits per heavy atom. The number of ether oxygens (including phenoxy) is 1. The molecule has 1 unspecified atom stereocenters. The molecule has 0 aliphatic carbocycles. The molecule has 1 fully saturated rings. The molecule has 0 saturated carbocycles. The molecule has 0 aromatic carbocycles. The third kappa shape index (κ3) is 4.57. The molecular weight excluding hydrogens is 508 g/mol. The first-order chi connectivity index (χ1) is 13.9. The minimum Gasteiger partial charge on any atom is -0.261 e. The fraction of sp³-hybridized carbons (Fsp3) is 0.917. The summed E-state index contributed by atoms with van der Waals surface area (Å²) in [5, 5.41) is 0. The fourth-order valence-electron chi connectivity index (χ4n) is 2.26. The first-order valence-electron chi connectivity index (χ1n) is 7.60. The van der Waals surface area contributed by atoms with E-state index in [2.05, 4.69) is 0 Å². The van der Waals surface area contributed by atoms with Gasteiger partial charge in [0.05, 0.1) is 0 Å². The van der Waals surface area contributed by atoms with Gasteiger partial charge < -0.3 is 0 Å². The van der Waals surface area contributed by atoms with Crippen molar-refractivity contribution >= 4 is 6.04 Å². The Morgan fingerprint density at radius 3 is 1.31 bits per heavy atom. The lowest BCUT2D eigenvalue weighted by Gasteiger charge is -2.44. The lowest BCUT2D eigenvalue weighted by atomic mass is 10.1. The van der Waals surface area contributed by atoms with Crippen LogP contribution >= 0.6 is 0 Å². The predicted octanol–water partition coefficient (Wildman–Crippen LogP) is 4.32. The first kappa shape index (κ1) is 28.5. The molecule has 32 heavy (non-hydrogen) atoms. The molecule has 1 aliphatic heterocycles. The van der Waals surface area contributed by atoms with Crippen molar-refractivity contribution in [2.45, 2.75) is 42.3 Å². The SMILES string of the molecule is O=C(F)C(F)(OC(F)(F)C(F)(F)C(F)(F)C(F)(F)N1CCN(C(F)(F)F)CC1)C(F)(F)F. The molecule has 1 aliphatic rings. The molecule has 190 valence electrons. The van der Waals surface area contributed by atoms with Crippen LogP contribution in [-0.2, 0) is 9.53 Å². The Hall–Kier alpha value is -1.57. The molecule has 1 saturated heterocycles. The molecule has 1 rings (SSSR count). The van der Waals surface area contributed by atoms with Crippen molar-refractivity contribution in [2.75, 3.05) is 26.2 Å². The van der Waals surface area contributed by atoms with Crippen molar-refractivity contribution in [3.8, 4) is 0 Å². The number of alkyl halides is 15. The minimum atomic E-state index is -7.76. The largest absolute Gasteiger partial charge is 0.460 e. The molecule has 0 aromatic heterocycles. The van der Waals surface area contributed by atoms with Crippen molar-refractivity contribution in [1.82, 2.24) is 9.80 Å². The third-order valence-corrected chi connectivity index (χ3v) is 4.06. The van der Waals surface area contributed by atoms with Gasteiger partial charge in [0.2, 0.25) is 0 Å². The molecule has 0 aromatic rings. The summed E-state index contributed by atoms with van der Waals surface area (Å²) < 4.78 is 210. The maximum Gasteiger partial charge on any atom is 0.460 e. The number of hydrogen-bond donors (Lipinski definition) is 0. The standard InChI is InChI=1S/C12H8F16N2O2/c13-5(31)6(14,9(19,20)21)32-11(24,25)8(17,18)7(15,16)10(22,23)29-1-3-30(4-2-29)12(26,27)28/h1-4H2. The van der Waals surface area contributed by atoms with Gasteiger partial charge in [-0.05, 0) is 0 Å². The molecule has 0 bridgehead atoms. The highest BCUT2D eigenvalue weighted by molar-refractivity contribution is 5.77. The quantitative estimate of drug-likeness (QED) is 0.287. The molecule has 0 spiro atoms. The van der Waals surface area contributed by atoms with Crippen molar-refractivity contribution in [3.05, 3.63) is 0 Å². The molecule has 4 nitrogen and oxygen atoms in total. The van der Waals surface area contributed by atoms with E-state index in [-0.39, 0.29) is 0 Å². The summed E-state index contributed by atoms with van der Waals surface area (Å²) in [6.45, 7) is -6.62. The van der Waals surface area contributed by atoms with Crippen LogP contribution in [0.2, 0.25) is 0 Å². The van der Waals surface area contributed by atoms with Gasteiger partial charge >= 0.3 is 48.4 Å². The van der Waals surface area contributed by atoms with Crippen molar-refractivity contribution in [2.24, 2.45) is 0 Å². The highest BCUT2D eigenvalue weighted by Gasteiger charge is 2.85. The van der Waals surface area contributed by atoms with Crippen LogP contribution in [0.3, 0.4) is 0 Å². The first-order valence-corrected chi connectivity index (χ1v) is 7.60. The maximum absolute atomic E-state index is 13.9. The molecule has 1 heterocycles. The third-order valence-electron chi connectivity index (χ3n) is 4.06. The summed E-state index contributed by atoms with van der Waals surface area (Å²) in [5.74, 6) is -22.2. The number of rotatable bonds is 7. The number of nitrogens with zero attached hydrogens (tertiary/aromatic N) is 2. The summed E-state index contributed by atoms with van der Waals surface area (Å²) in [6.07, 6.45) is -20.0. The second-order valence-corrected chi connectivity index (χ2v) is 6.12. The van der Waals surface area contributed by atoms with Crippen molar-refractivity contribution in [3.63, 3.8) is 0 Å². The van der Waals surface area contributed by atoms with Crippen LogP contribution in [-0.4, -0.2) is 84.3 Å². The second-order valence-electron chi connectivity index (χ2n) is 6.12. The molecule has 0 N–H and O–H groups in total. The van der Waals surface area contributed by atoms with Gasteiger partial charge in [-0.2, -0.15) is 70.2 Å². The van der Waals surface area contributed by atoms with E-state index in [1.165, 1.54) is 0 Å². The number of carbonyl (C=O) groups excluding carboxylic acids is 1. The Labute approximate surface area is 165 Å². The van der Waals surface area contributed by atoms with E-state index in [4.69, 9.17) is 0 Å². The molecule has 0 radical (unpaired) electrons. The zero-order valence-corrected chi connectivity index (χ0v) is 14.6. The van der Waals surface area contributed by atoms with Crippen LogP contribution in [0.25, 0.3) is 0 Å². The summed E-state index contributed by atoms with van der Waals surface area (Å²) in [5.41, 5.74) is 0. The van der Waals surface area contributed by atoms with Crippen LogP contribution in [0.4, 0.5) is 70.2 Å². The van der Waals surface area contributed by atoms with E-state index in [1.807, 2.05) is 0 Å². The number of halogens is 16. The average molecular weight is 516 g/mol. The fourth-order valence-corrected chi connectivity index (χ4v) is 2.26. The van der Waals surface area contributed by atoms with E-state index in [1.54, 1.807) is 4.74 Å². The van der Waals surface area contributed by atoms with E-state index in [9.17, 15) is 75.0 Å². The highest BCUT2D eigenvalue weighted by Crippen LogP contribution is 2.56. The van der Waals surface area contributed by atoms with Gasteiger partial charge in [0.1, 0.15) is 0 Å². The summed E-state index contributed by atoms with van der Waals surface area (Å²) >= 11 is 0. The van der Waals surface area contributed by atoms with Gasteiger partial charge in [-0.3, -0.25) is 9.53 Å². The van der Waals surface area contributed by atoms with Crippen LogP contribution < -0.4 is 0 Å². The maximum atomic E-state index is 13.9. The van der Waals surface area contributed by atoms with E-state index in [0.29, 0.717) is 0 Å². The molecule has 20 heteroatoms. The van der Waals surface area contributed by atoms with Gasteiger partial charge in [-0.15, -0.1) is 0 Å². The van der Waals surface area contributed by atoms with Gasteiger partial charge in [0.25, 0.3) is 0 Å². The lowest BCUT2D eigenvalue weighted by molar-refractivity contribution is -0.482. The Kier molecular flexibility index (Phi) is 7.14. The smallest absolute Gasteiger partial charge is 0.261 e. The van der Waals surface area contributed by atoms with Crippen molar-refractivity contribution < 1.29 is 79.8 Å². The predicted molar refractivity (Wildman–Crippen MR) is 66.1 cm³/mol. The van der Waals surface area contributed by atoms with E-state index >= 15 is 0 Å². The average Bonchev–Trinajstić information content (AvgIpc) is 2.59. The highest BCUT2D eigenvalue weighted by atomic mass is 19.4. The zero-order valence-electron chi connectivity index (χ0n) is 14.6.